The predicted molar refractivity (Wildman–Crippen MR) is 98.4 cm³/mol. The van der Waals surface area contributed by atoms with Crippen molar-refractivity contribution in [1.29, 1.82) is 0 Å². The molecule has 0 radical (unpaired) electrons. The van der Waals surface area contributed by atoms with Gasteiger partial charge in [0.05, 0.1) is 5.56 Å². The Labute approximate surface area is 142 Å². The summed E-state index contributed by atoms with van der Waals surface area (Å²) < 4.78 is 2.14. The van der Waals surface area contributed by atoms with Gasteiger partial charge in [0, 0.05) is 36.7 Å². The molecule has 0 aliphatic heterocycles. The number of carbonyl (C=O) groups excluding carboxylic acids is 1. The number of para-hydroxylation sites is 1. The second-order valence-corrected chi connectivity index (χ2v) is 6.23. The quantitative estimate of drug-likeness (QED) is 0.758. The fraction of sp³-hybridized carbons (Fsp3) is 0.250. The van der Waals surface area contributed by atoms with E-state index in [1.165, 1.54) is 5.56 Å². The second kappa shape index (κ2) is 7.32. The van der Waals surface area contributed by atoms with E-state index in [0.717, 1.165) is 29.6 Å². The van der Waals surface area contributed by atoms with Crippen LogP contribution in [0, 0.1) is 0 Å². The maximum atomic E-state index is 12.6. The molecule has 3 rings (SSSR count). The topological polar surface area (TPSA) is 37.3 Å². The van der Waals surface area contributed by atoms with Crippen LogP contribution in [0.4, 0.5) is 0 Å². The summed E-state index contributed by atoms with van der Waals surface area (Å²) >= 11 is 0. The molecule has 124 valence electrons. The average molecular weight is 321 g/mol. The number of hydrogen-bond donors (Lipinski definition) is 1. The van der Waals surface area contributed by atoms with Gasteiger partial charge in [0.1, 0.15) is 0 Å². The summed E-state index contributed by atoms with van der Waals surface area (Å²) in [7, 11) is 4.00. The fourth-order valence-corrected chi connectivity index (χ4v) is 2.83. The van der Waals surface area contributed by atoms with E-state index in [-0.39, 0.29) is 5.91 Å². The molecule has 0 spiro atoms. The molecule has 3 aromatic rings. The summed E-state index contributed by atoms with van der Waals surface area (Å²) in [6.07, 6.45) is 1.96. The molecule has 0 saturated heterocycles. The van der Waals surface area contributed by atoms with E-state index in [1.807, 2.05) is 56.7 Å². The molecule has 0 fully saturated rings. The van der Waals surface area contributed by atoms with Gasteiger partial charge in [-0.2, -0.15) is 0 Å². The molecule has 0 atom stereocenters. The number of benzene rings is 2. The molecule has 0 saturated carbocycles. The van der Waals surface area contributed by atoms with Crippen LogP contribution < -0.4 is 5.32 Å². The number of likely N-dealkylation sites (N-methyl/N-ethyl adjacent to an activating group) is 1. The van der Waals surface area contributed by atoms with Gasteiger partial charge >= 0.3 is 0 Å². The van der Waals surface area contributed by atoms with Crippen molar-refractivity contribution < 1.29 is 4.79 Å². The van der Waals surface area contributed by atoms with E-state index >= 15 is 0 Å². The summed E-state index contributed by atoms with van der Waals surface area (Å²) in [5.41, 5.74) is 3.04. The van der Waals surface area contributed by atoms with Crippen molar-refractivity contribution in [3.63, 3.8) is 0 Å². The Bertz CT molecular complexity index is 821. The number of rotatable bonds is 6. The van der Waals surface area contributed by atoms with E-state index in [2.05, 4.69) is 33.0 Å². The van der Waals surface area contributed by atoms with E-state index in [1.54, 1.807) is 0 Å². The van der Waals surface area contributed by atoms with Gasteiger partial charge in [-0.25, -0.2) is 0 Å². The van der Waals surface area contributed by atoms with E-state index in [9.17, 15) is 4.79 Å². The molecule has 1 heterocycles. The predicted octanol–water partition coefficient (Wildman–Crippen LogP) is 2.98. The number of fused-ring (bicyclic) bond motifs is 1. The van der Waals surface area contributed by atoms with Gasteiger partial charge in [-0.15, -0.1) is 0 Å². The summed E-state index contributed by atoms with van der Waals surface area (Å²) in [4.78, 5) is 14.6. The normalized spacial score (nSPS) is 11.1. The van der Waals surface area contributed by atoms with Crippen molar-refractivity contribution >= 4 is 16.8 Å². The zero-order valence-electron chi connectivity index (χ0n) is 14.2. The largest absolute Gasteiger partial charge is 0.351 e. The van der Waals surface area contributed by atoms with Gasteiger partial charge in [-0.3, -0.25) is 4.79 Å². The summed E-state index contributed by atoms with van der Waals surface area (Å²) in [5.74, 6) is -0.0140. The zero-order valence-corrected chi connectivity index (χ0v) is 14.2. The SMILES string of the molecule is CN(C)CCNC(=O)c1cn(Cc2ccccc2)c2ccccc12. The maximum absolute atomic E-state index is 12.6. The van der Waals surface area contributed by atoms with Crippen LogP contribution >= 0.6 is 0 Å². The standard InChI is InChI=1S/C20H23N3O/c1-22(2)13-12-21-20(24)18-15-23(14-16-8-4-3-5-9-16)19-11-7-6-10-17(18)19/h3-11,15H,12-14H2,1-2H3,(H,21,24). The van der Waals surface area contributed by atoms with Crippen molar-refractivity contribution in [1.82, 2.24) is 14.8 Å². The summed E-state index contributed by atoms with van der Waals surface area (Å²) in [6, 6.07) is 18.4. The minimum Gasteiger partial charge on any atom is -0.351 e. The van der Waals surface area contributed by atoms with Crippen LogP contribution in [0.2, 0.25) is 0 Å². The highest BCUT2D eigenvalue weighted by Crippen LogP contribution is 2.22. The number of nitrogens with one attached hydrogen (secondary N) is 1. The Morgan fingerprint density at radius 2 is 1.75 bits per heavy atom. The first kappa shape index (κ1) is 16.3. The molecule has 4 nitrogen and oxygen atoms in total. The minimum absolute atomic E-state index is 0.0140. The lowest BCUT2D eigenvalue weighted by molar-refractivity contribution is 0.0952. The first-order chi connectivity index (χ1) is 11.6. The molecule has 0 bridgehead atoms. The molecule has 4 heteroatoms. The second-order valence-electron chi connectivity index (χ2n) is 6.23. The van der Waals surface area contributed by atoms with Crippen molar-refractivity contribution in [2.75, 3.05) is 27.2 Å². The van der Waals surface area contributed by atoms with E-state index < -0.39 is 0 Å². The van der Waals surface area contributed by atoms with Crippen LogP contribution in [0.25, 0.3) is 10.9 Å². The number of carbonyl (C=O) groups is 1. The molecule has 1 amide bonds. The Morgan fingerprint density at radius 1 is 1.04 bits per heavy atom. The van der Waals surface area contributed by atoms with E-state index in [4.69, 9.17) is 0 Å². The Balaban J connectivity index is 1.87. The van der Waals surface area contributed by atoms with Gasteiger partial charge in [-0.05, 0) is 25.7 Å². The Morgan fingerprint density at radius 3 is 2.50 bits per heavy atom. The molecule has 0 unspecified atom stereocenters. The average Bonchev–Trinajstić information content (AvgIpc) is 2.94. The first-order valence-electron chi connectivity index (χ1n) is 8.20. The zero-order chi connectivity index (χ0) is 16.9. The van der Waals surface area contributed by atoms with Crippen LogP contribution in [0.3, 0.4) is 0 Å². The highest BCUT2D eigenvalue weighted by atomic mass is 16.1. The first-order valence-corrected chi connectivity index (χ1v) is 8.20. The lowest BCUT2D eigenvalue weighted by atomic mass is 10.1. The lowest BCUT2D eigenvalue weighted by Gasteiger charge is -2.09. The smallest absolute Gasteiger partial charge is 0.253 e. The molecular formula is C20H23N3O. The summed E-state index contributed by atoms with van der Waals surface area (Å²) in [5, 5.41) is 4.00. The third-order valence-electron chi connectivity index (χ3n) is 4.07. The Hall–Kier alpha value is -2.59. The third-order valence-corrected chi connectivity index (χ3v) is 4.07. The number of aromatic nitrogens is 1. The van der Waals surface area contributed by atoms with Crippen molar-refractivity contribution in [3.8, 4) is 0 Å². The fourth-order valence-electron chi connectivity index (χ4n) is 2.83. The third kappa shape index (κ3) is 3.66. The molecule has 2 aromatic carbocycles. The number of hydrogen-bond acceptors (Lipinski definition) is 2. The van der Waals surface area contributed by atoms with Crippen LogP contribution in [-0.2, 0) is 6.54 Å². The van der Waals surface area contributed by atoms with Gasteiger partial charge in [0.15, 0.2) is 0 Å². The highest BCUT2D eigenvalue weighted by Gasteiger charge is 2.14. The lowest BCUT2D eigenvalue weighted by Crippen LogP contribution is -2.31. The molecule has 1 N–H and O–H groups in total. The monoisotopic (exact) mass is 321 g/mol. The van der Waals surface area contributed by atoms with Crippen molar-refractivity contribution in [2.24, 2.45) is 0 Å². The number of amides is 1. The van der Waals surface area contributed by atoms with Crippen LogP contribution in [-0.4, -0.2) is 42.6 Å². The van der Waals surface area contributed by atoms with Gasteiger partial charge in [0.25, 0.3) is 5.91 Å². The Kier molecular flexibility index (Phi) is 4.96. The van der Waals surface area contributed by atoms with Crippen molar-refractivity contribution in [2.45, 2.75) is 6.54 Å². The van der Waals surface area contributed by atoms with Crippen LogP contribution in [0.1, 0.15) is 15.9 Å². The van der Waals surface area contributed by atoms with Crippen LogP contribution in [0.5, 0.6) is 0 Å². The van der Waals surface area contributed by atoms with Gasteiger partial charge in [0.2, 0.25) is 0 Å². The minimum atomic E-state index is -0.0140. The highest BCUT2D eigenvalue weighted by molar-refractivity contribution is 6.07. The van der Waals surface area contributed by atoms with Gasteiger partial charge in [-0.1, -0.05) is 48.5 Å². The molecule has 0 aliphatic rings. The molecule has 1 aromatic heterocycles. The van der Waals surface area contributed by atoms with Gasteiger partial charge < -0.3 is 14.8 Å². The molecule has 24 heavy (non-hydrogen) atoms. The van der Waals surface area contributed by atoms with Crippen LogP contribution in [0.15, 0.2) is 60.8 Å². The summed E-state index contributed by atoms with van der Waals surface area (Å²) in [6.45, 7) is 2.23. The van der Waals surface area contributed by atoms with E-state index in [0.29, 0.717) is 6.54 Å². The number of nitrogens with zero attached hydrogens (tertiary/aromatic N) is 2. The maximum Gasteiger partial charge on any atom is 0.253 e. The van der Waals surface area contributed by atoms with Crippen molar-refractivity contribution in [3.05, 3.63) is 71.9 Å². The molecular weight excluding hydrogens is 298 g/mol. The molecule has 0 aliphatic carbocycles.